The minimum atomic E-state index is 0.119. The topological polar surface area (TPSA) is 75.8 Å². The van der Waals surface area contributed by atoms with Crippen molar-refractivity contribution >= 4 is 5.88 Å². The minimum Gasteiger partial charge on any atom is -0.424 e. The van der Waals surface area contributed by atoms with Gasteiger partial charge in [-0.2, -0.15) is 5.26 Å². The van der Waals surface area contributed by atoms with Gasteiger partial charge in [-0.05, 0) is 11.3 Å². The van der Waals surface area contributed by atoms with Crippen LogP contribution in [0.1, 0.15) is 39.3 Å². The molecule has 0 aliphatic heterocycles. The Labute approximate surface area is 90.1 Å². The third kappa shape index (κ3) is 2.72. The molecule has 0 saturated carbocycles. The lowest BCUT2D eigenvalue weighted by Gasteiger charge is -2.25. The Morgan fingerprint density at radius 2 is 2.13 bits per heavy atom. The largest absolute Gasteiger partial charge is 0.424 e. The van der Waals surface area contributed by atoms with E-state index in [4.69, 9.17) is 15.4 Å². The fourth-order valence-corrected chi connectivity index (χ4v) is 1.11. The molecule has 0 aromatic carbocycles. The van der Waals surface area contributed by atoms with Gasteiger partial charge in [0.2, 0.25) is 11.6 Å². The molecule has 1 unspecified atom stereocenters. The third-order valence-electron chi connectivity index (χ3n) is 2.76. The molecule has 4 heteroatoms. The molecule has 0 spiro atoms. The molecule has 4 nitrogen and oxygen atoms in total. The van der Waals surface area contributed by atoms with Crippen LogP contribution >= 0.6 is 0 Å². The van der Waals surface area contributed by atoms with Gasteiger partial charge in [0.25, 0.3) is 0 Å². The Hall–Kier alpha value is -1.50. The van der Waals surface area contributed by atoms with E-state index in [-0.39, 0.29) is 17.0 Å². The molecule has 0 aliphatic rings. The fraction of sp³-hybridized carbons (Fsp3) is 0.636. The first-order chi connectivity index (χ1) is 6.84. The van der Waals surface area contributed by atoms with E-state index in [0.29, 0.717) is 18.2 Å². The number of oxazole rings is 1. The second-order valence-corrected chi connectivity index (χ2v) is 4.90. The second-order valence-electron chi connectivity index (χ2n) is 4.90. The van der Waals surface area contributed by atoms with Gasteiger partial charge in [0.1, 0.15) is 6.07 Å². The Kier molecular flexibility index (Phi) is 3.04. The summed E-state index contributed by atoms with van der Waals surface area (Å²) in [6.07, 6.45) is 0.704. The molecule has 0 bridgehead atoms. The van der Waals surface area contributed by atoms with E-state index in [2.05, 4.69) is 32.7 Å². The summed E-state index contributed by atoms with van der Waals surface area (Å²) in [6.45, 7) is 8.62. The van der Waals surface area contributed by atoms with Crippen molar-refractivity contribution in [3.63, 3.8) is 0 Å². The van der Waals surface area contributed by atoms with Gasteiger partial charge in [0, 0.05) is 6.42 Å². The van der Waals surface area contributed by atoms with E-state index in [9.17, 15) is 0 Å². The Morgan fingerprint density at radius 1 is 1.53 bits per heavy atom. The number of hydrogen-bond donors (Lipinski definition) is 1. The van der Waals surface area contributed by atoms with E-state index >= 15 is 0 Å². The van der Waals surface area contributed by atoms with Crippen molar-refractivity contribution < 1.29 is 4.42 Å². The molecule has 1 aromatic rings. The van der Waals surface area contributed by atoms with Gasteiger partial charge in [0.15, 0.2) is 5.89 Å². The summed E-state index contributed by atoms with van der Waals surface area (Å²) in [4.78, 5) is 4.03. The van der Waals surface area contributed by atoms with Crippen LogP contribution in [0.25, 0.3) is 0 Å². The van der Waals surface area contributed by atoms with Crippen molar-refractivity contribution in [2.24, 2.45) is 11.3 Å². The maximum atomic E-state index is 8.67. The number of rotatable bonds is 2. The fourth-order valence-electron chi connectivity index (χ4n) is 1.11. The molecule has 0 amide bonds. The maximum absolute atomic E-state index is 8.67. The van der Waals surface area contributed by atoms with Gasteiger partial charge in [-0.15, -0.1) is 0 Å². The van der Waals surface area contributed by atoms with Crippen molar-refractivity contribution in [1.82, 2.24) is 4.98 Å². The molecule has 0 radical (unpaired) electrons. The highest BCUT2D eigenvalue weighted by atomic mass is 16.4. The van der Waals surface area contributed by atoms with Crippen molar-refractivity contribution in [3.05, 3.63) is 11.6 Å². The summed E-state index contributed by atoms with van der Waals surface area (Å²) < 4.78 is 5.22. The molecule has 1 atom stereocenters. The van der Waals surface area contributed by atoms with E-state index in [0.717, 1.165) is 0 Å². The normalized spacial score (nSPS) is 13.5. The first-order valence-electron chi connectivity index (χ1n) is 5.00. The van der Waals surface area contributed by atoms with Gasteiger partial charge < -0.3 is 10.2 Å². The number of nitriles is 1. The van der Waals surface area contributed by atoms with Gasteiger partial charge in [0.05, 0.1) is 0 Å². The average Bonchev–Trinajstić information content (AvgIpc) is 2.44. The van der Waals surface area contributed by atoms with Gasteiger partial charge in [-0.25, -0.2) is 4.98 Å². The van der Waals surface area contributed by atoms with Crippen LogP contribution in [-0.4, -0.2) is 4.98 Å². The summed E-state index contributed by atoms with van der Waals surface area (Å²) in [5, 5.41) is 8.67. The molecular formula is C11H17N3O. The zero-order valence-corrected chi connectivity index (χ0v) is 9.66. The summed E-state index contributed by atoms with van der Waals surface area (Å²) >= 11 is 0. The maximum Gasteiger partial charge on any atom is 0.229 e. The van der Waals surface area contributed by atoms with Crippen LogP contribution in [0.2, 0.25) is 0 Å². The van der Waals surface area contributed by atoms with Crippen LogP contribution in [0.3, 0.4) is 0 Å². The number of anilines is 1. The monoisotopic (exact) mass is 207 g/mol. The number of nitrogens with two attached hydrogens (primary N) is 1. The zero-order chi connectivity index (χ0) is 11.6. The van der Waals surface area contributed by atoms with Crippen LogP contribution in [-0.2, 0) is 6.42 Å². The molecular weight excluding hydrogens is 190 g/mol. The molecule has 0 saturated heterocycles. The molecule has 0 fully saturated rings. The molecule has 82 valence electrons. The highest BCUT2D eigenvalue weighted by molar-refractivity contribution is 5.40. The van der Waals surface area contributed by atoms with Crippen molar-refractivity contribution in [3.8, 4) is 6.07 Å². The first kappa shape index (κ1) is 11.6. The number of hydrogen-bond acceptors (Lipinski definition) is 4. The molecule has 1 heterocycles. The van der Waals surface area contributed by atoms with Crippen molar-refractivity contribution in [1.29, 1.82) is 5.26 Å². The summed E-state index contributed by atoms with van der Waals surface area (Å²) in [6, 6.07) is 1.90. The van der Waals surface area contributed by atoms with Gasteiger partial charge in [-0.1, -0.05) is 27.7 Å². The SMILES string of the molecule is CC(Cc1nc(C#N)c(N)o1)C(C)(C)C. The lowest BCUT2D eigenvalue weighted by atomic mass is 9.80. The van der Waals surface area contributed by atoms with Crippen LogP contribution in [0, 0.1) is 22.7 Å². The molecule has 1 aromatic heterocycles. The van der Waals surface area contributed by atoms with E-state index < -0.39 is 0 Å². The minimum absolute atomic E-state index is 0.119. The van der Waals surface area contributed by atoms with Crippen LogP contribution in [0.4, 0.5) is 5.88 Å². The van der Waals surface area contributed by atoms with E-state index in [1.165, 1.54) is 0 Å². The lowest BCUT2D eigenvalue weighted by Crippen LogP contribution is -2.19. The quantitative estimate of drug-likeness (QED) is 0.807. The standard InChI is InChI=1S/C11H17N3O/c1-7(11(2,3)4)5-9-14-8(6-12)10(13)15-9/h7H,5,13H2,1-4H3. The van der Waals surface area contributed by atoms with Crippen LogP contribution < -0.4 is 5.73 Å². The van der Waals surface area contributed by atoms with Crippen molar-refractivity contribution in [2.45, 2.75) is 34.1 Å². The number of nitrogens with zero attached hydrogens (tertiary/aromatic N) is 2. The van der Waals surface area contributed by atoms with E-state index in [1.807, 2.05) is 6.07 Å². The lowest BCUT2D eigenvalue weighted by molar-refractivity contribution is 0.245. The predicted octanol–water partition coefficient (Wildman–Crippen LogP) is 2.35. The van der Waals surface area contributed by atoms with Crippen LogP contribution in [0.15, 0.2) is 4.42 Å². The zero-order valence-electron chi connectivity index (χ0n) is 9.66. The van der Waals surface area contributed by atoms with E-state index in [1.54, 1.807) is 0 Å². The summed E-state index contributed by atoms with van der Waals surface area (Å²) in [5.41, 5.74) is 5.86. The highest BCUT2D eigenvalue weighted by Crippen LogP contribution is 2.28. The number of nitrogen functional groups attached to an aromatic ring is 1. The van der Waals surface area contributed by atoms with Crippen LogP contribution in [0.5, 0.6) is 0 Å². The molecule has 0 aliphatic carbocycles. The molecule has 15 heavy (non-hydrogen) atoms. The van der Waals surface area contributed by atoms with Crippen molar-refractivity contribution in [2.75, 3.05) is 5.73 Å². The Bertz CT molecular complexity index is 382. The average molecular weight is 207 g/mol. The van der Waals surface area contributed by atoms with Gasteiger partial charge >= 0.3 is 0 Å². The molecule has 2 N–H and O–H groups in total. The molecule has 1 rings (SSSR count). The first-order valence-corrected chi connectivity index (χ1v) is 5.00. The predicted molar refractivity (Wildman–Crippen MR) is 58.0 cm³/mol. The summed E-state index contributed by atoms with van der Waals surface area (Å²) in [7, 11) is 0. The highest BCUT2D eigenvalue weighted by Gasteiger charge is 2.23. The smallest absolute Gasteiger partial charge is 0.229 e. The summed E-state index contributed by atoms with van der Waals surface area (Å²) in [5.74, 6) is 1.09. The number of aromatic nitrogens is 1. The van der Waals surface area contributed by atoms with Gasteiger partial charge in [-0.3, -0.25) is 0 Å². The Balaban J connectivity index is 2.79. The Morgan fingerprint density at radius 3 is 2.53 bits per heavy atom. The third-order valence-corrected chi connectivity index (χ3v) is 2.76. The second kappa shape index (κ2) is 3.93.